The molecule has 0 saturated heterocycles. The van der Waals surface area contributed by atoms with E-state index < -0.39 is 33.6 Å². The van der Waals surface area contributed by atoms with E-state index in [4.69, 9.17) is 0 Å². The fraction of sp³-hybridized carbons (Fsp3) is 0.182. The number of carbonyl (C=O) groups excluding carboxylic acids is 1. The maximum Gasteiger partial charge on any atom is 0.573 e. The second kappa shape index (κ2) is 8.63. The molecule has 0 fully saturated rings. The summed E-state index contributed by atoms with van der Waals surface area (Å²) in [5.41, 5.74) is -0.175. The van der Waals surface area contributed by atoms with Gasteiger partial charge < -0.3 is 9.64 Å². The van der Waals surface area contributed by atoms with E-state index in [0.29, 0.717) is 3.97 Å². The van der Waals surface area contributed by atoms with E-state index in [1.165, 1.54) is 35.4 Å². The van der Waals surface area contributed by atoms with Gasteiger partial charge in [0, 0.05) is 31.7 Å². The van der Waals surface area contributed by atoms with Crippen molar-refractivity contribution in [3.63, 3.8) is 0 Å². The van der Waals surface area contributed by atoms with Crippen LogP contribution in [0.25, 0.3) is 10.9 Å². The van der Waals surface area contributed by atoms with E-state index in [1.807, 2.05) is 0 Å². The van der Waals surface area contributed by atoms with Crippen LogP contribution < -0.4 is 4.74 Å². The number of ketones is 1. The summed E-state index contributed by atoms with van der Waals surface area (Å²) in [4.78, 5) is 14.4. The minimum atomic E-state index is -5.00. The Balaban J connectivity index is 2.34. The van der Waals surface area contributed by atoms with Crippen LogP contribution in [-0.2, 0) is 10.0 Å². The van der Waals surface area contributed by atoms with Crippen molar-refractivity contribution < 1.29 is 31.1 Å². The first-order valence-electron chi connectivity index (χ1n) is 9.40. The zero-order chi connectivity index (χ0) is 24.6. The molecular formula is C22H18F3N3O4S. The molecule has 11 heteroatoms. The summed E-state index contributed by atoms with van der Waals surface area (Å²) in [6.45, 7) is 1.75. The molecule has 0 atom stereocenters. The van der Waals surface area contributed by atoms with Crippen LogP contribution in [0.1, 0.15) is 16.1 Å². The number of halogens is 3. The van der Waals surface area contributed by atoms with Crippen molar-refractivity contribution in [2.45, 2.75) is 18.2 Å². The fourth-order valence-electron chi connectivity index (χ4n) is 3.12. The molecule has 3 aromatic rings. The average molecular weight is 477 g/mol. The number of alkyl halides is 3. The van der Waals surface area contributed by atoms with Gasteiger partial charge in [0.2, 0.25) is 5.78 Å². The molecule has 0 aliphatic heterocycles. The van der Waals surface area contributed by atoms with Gasteiger partial charge >= 0.3 is 6.36 Å². The summed E-state index contributed by atoms with van der Waals surface area (Å²) in [6.07, 6.45) is -3.77. The summed E-state index contributed by atoms with van der Waals surface area (Å²) in [6, 6.07) is 11.8. The Morgan fingerprint density at radius 3 is 2.30 bits per heavy atom. The molecular weight excluding hydrogens is 459 g/mol. The van der Waals surface area contributed by atoms with Gasteiger partial charge in [-0.15, -0.1) is 13.2 Å². The Kier molecular flexibility index (Phi) is 6.24. The molecule has 0 radical (unpaired) electrons. The second-order valence-corrected chi connectivity index (χ2v) is 9.11. The van der Waals surface area contributed by atoms with E-state index in [2.05, 4.69) is 4.74 Å². The van der Waals surface area contributed by atoms with Crippen LogP contribution in [0.2, 0.25) is 0 Å². The molecule has 0 aliphatic rings. The molecule has 2 aromatic carbocycles. The molecule has 1 heterocycles. The lowest BCUT2D eigenvalue weighted by Crippen LogP contribution is -2.20. The number of hydrogen-bond acceptors (Lipinski definition) is 6. The van der Waals surface area contributed by atoms with Gasteiger partial charge in [-0.05, 0) is 37.3 Å². The highest BCUT2D eigenvalue weighted by Gasteiger charge is 2.32. The Morgan fingerprint density at radius 1 is 1.12 bits per heavy atom. The van der Waals surface area contributed by atoms with E-state index in [9.17, 15) is 31.6 Å². The topological polar surface area (TPSA) is 92.4 Å². The Morgan fingerprint density at radius 2 is 1.76 bits per heavy atom. The normalized spacial score (nSPS) is 12.5. The standard InChI is InChI=1S/C22H18F3N3O4S/c1-14-4-8-18(9-5-14)33(30,31)28-19-11-17(32-22(23,24)25)7-6-15(19)10-20(28)21(29)16(12-26)13-27(2)3/h4-11,13H,1-3H3/b16-13-. The molecule has 0 saturated carbocycles. The largest absolute Gasteiger partial charge is 0.573 e. The summed E-state index contributed by atoms with van der Waals surface area (Å²) >= 11 is 0. The van der Waals surface area contributed by atoms with Crippen LogP contribution >= 0.6 is 0 Å². The Labute approximate surface area is 188 Å². The monoisotopic (exact) mass is 477 g/mol. The third-order valence-corrected chi connectivity index (χ3v) is 6.25. The predicted octanol–water partition coefficient (Wildman–Crippen LogP) is 4.24. The number of nitrogens with zero attached hydrogens (tertiary/aromatic N) is 3. The van der Waals surface area contributed by atoms with Gasteiger partial charge in [0.15, 0.2) is 0 Å². The molecule has 3 rings (SSSR count). The lowest BCUT2D eigenvalue weighted by atomic mass is 10.1. The van der Waals surface area contributed by atoms with Crippen LogP contribution in [-0.4, -0.2) is 43.5 Å². The van der Waals surface area contributed by atoms with Crippen molar-refractivity contribution in [3.05, 3.63) is 71.6 Å². The van der Waals surface area contributed by atoms with Gasteiger partial charge in [-0.1, -0.05) is 17.7 Å². The zero-order valence-electron chi connectivity index (χ0n) is 17.7. The molecule has 0 spiro atoms. The molecule has 172 valence electrons. The first kappa shape index (κ1) is 23.9. The molecule has 0 unspecified atom stereocenters. The van der Waals surface area contributed by atoms with Gasteiger partial charge in [0.05, 0.1) is 10.4 Å². The average Bonchev–Trinajstić information content (AvgIpc) is 3.10. The maximum absolute atomic E-state index is 13.5. The highest BCUT2D eigenvalue weighted by Crippen LogP contribution is 2.32. The zero-order valence-corrected chi connectivity index (χ0v) is 18.5. The minimum Gasteiger partial charge on any atom is -0.406 e. The number of Topliss-reactive ketones (excluding diaryl/α,β-unsaturated/α-hetero) is 1. The number of rotatable bonds is 6. The number of fused-ring (bicyclic) bond motifs is 1. The third-order valence-electron chi connectivity index (χ3n) is 4.51. The molecule has 0 bridgehead atoms. The van der Waals surface area contributed by atoms with E-state index in [1.54, 1.807) is 39.2 Å². The van der Waals surface area contributed by atoms with Crippen LogP contribution in [0.15, 0.2) is 65.2 Å². The number of nitriles is 1. The van der Waals surface area contributed by atoms with E-state index >= 15 is 0 Å². The van der Waals surface area contributed by atoms with E-state index in [-0.39, 0.29) is 21.4 Å². The van der Waals surface area contributed by atoms with Gasteiger partial charge in [-0.3, -0.25) is 4.79 Å². The van der Waals surface area contributed by atoms with Crippen molar-refractivity contribution in [1.29, 1.82) is 5.26 Å². The summed E-state index contributed by atoms with van der Waals surface area (Å²) in [5.74, 6) is -1.56. The summed E-state index contributed by atoms with van der Waals surface area (Å²) < 4.78 is 69.8. The van der Waals surface area contributed by atoms with Gasteiger partial charge in [-0.25, -0.2) is 12.4 Å². The molecule has 1 aromatic heterocycles. The third kappa shape index (κ3) is 5.01. The minimum absolute atomic E-state index is 0.172. The first-order valence-corrected chi connectivity index (χ1v) is 10.8. The Bertz CT molecular complexity index is 1400. The van der Waals surface area contributed by atoms with Gasteiger partial charge in [0.25, 0.3) is 10.0 Å². The molecule has 33 heavy (non-hydrogen) atoms. The van der Waals surface area contributed by atoms with Crippen molar-refractivity contribution in [2.24, 2.45) is 0 Å². The number of aryl methyl sites for hydroxylation is 1. The van der Waals surface area contributed by atoms with Crippen molar-refractivity contribution in [2.75, 3.05) is 14.1 Å². The first-order chi connectivity index (χ1) is 15.3. The van der Waals surface area contributed by atoms with Crippen molar-refractivity contribution in [1.82, 2.24) is 8.87 Å². The number of aromatic nitrogens is 1. The van der Waals surface area contributed by atoms with Crippen molar-refractivity contribution >= 4 is 26.7 Å². The van der Waals surface area contributed by atoms with Crippen LogP contribution in [0.3, 0.4) is 0 Å². The molecule has 0 N–H and O–H groups in total. The van der Waals surface area contributed by atoms with Crippen LogP contribution in [0.4, 0.5) is 13.2 Å². The van der Waals surface area contributed by atoms with E-state index in [0.717, 1.165) is 17.7 Å². The number of allylic oxidation sites excluding steroid dienone is 1. The molecule has 0 amide bonds. The number of ether oxygens (including phenoxy) is 1. The predicted molar refractivity (Wildman–Crippen MR) is 114 cm³/mol. The number of hydrogen-bond donors (Lipinski definition) is 0. The van der Waals surface area contributed by atoms with Crippen LogP contribution in [0, 0.1) is 18.3 Å². The summed E-state index contributed by atoms with van der Waals surface area (Å²) in [5, 5.41) is 9.60. The Hall–Kier alpha value is -3.78. The molecule has 0 aliphatic carbocycles. The van der Waals surface area contributed by atoms with Gasteiger partial charge in [0.1, 0.15) is 23.1 Å². The summed E-state index contributed by atoms with van der Waals surface area (Å²) in [7, 11) is -1.29. The highest BCUT2D eigenvalue weighted by molar-refractivity contribution is 7.90. The fourth-order valence-corrected chi connectivity index (χ4v) is 4.62. The second-order valence-electron chi connectivity index (χ2n) is 7.33. The smallest absolute Gasteiger partial charge is 0.406 e. The lowest BCUT2D eigenvalue weighted by molar-refractivity contribution is -0.274. The number of carbonyl (C=O) groups is 1. The van der Waals surface area contributed by atoms with Crippen molar-refractivity contribution in [3.8, 4) is 11.8 Å². The SMILES string of the molecule is Cc1ccc(S(=O)(=O)n2c(C(=O)/C(C#N)=C\N(C)C)cc3ccc(OC(F)(F)F)cc32)cc1. The highest BCUT2D eigenvalue weighted by atomic mass is 32.2. The maximum atomic E-state index is 13.5. The number of benzene rings is 2. The quantitative estimate of drug-likeness (QED) is 0.300. The van der Waals surface area contributed by atoms with Gasteiger partial charge in [-0.2, -0.15) is 5.26 Å². The lowest BCUT2D eigenvalue weighted by Gasteiger charge is -2.13. The van der Waals surface area contributed by atoms with Crippen LogP contribution in [0.5, 0.6) is 5.75 Å². The molecule has 7 nitrogen and oxygen atoms in total.